The number of hydrogen-bond donors (Lipinski definition) is 1. The number of hydrogen-bond acceptors (Lipinski definition) is 3. The van der Waals surface area contributed by atoms with Crippen molar-refractivity contribution in [1.29, 1.82) is 0 Å². The molecule has 1 unspecified atom stereocenters. The molecule has 124 valence electrons. The van der Waals surface area contributed by atoms with E-state index in [0.717, 1.165) is 37.3 Å². The smallest absolute Gasteiger partial charge is 0.255 e. The molecular formula is C18H25N3OS. The predicted octanol–water partition coefficient (Wildman–Crippen LogP) is 3.29. The van der Waals surface area contributed by atoms with Gasteiger partial charge in [-0.05, 0) is 50.4 Å². The van der Waals surface area contributed by atoms with E-state index in [0.29, 0.717) is 5.92 Å². The minimum Gasteiger partial charge on any atom is -0.367 e. The number of aromatic nitrogens is 1. The molecule has 1 N–H and O–H groups in total. The van der Waals surface area contributed by atoms with Crippen molar-refractivity contribution >= 4 is 17.2 Å². The van der Waals surface area contributed by atoms with E-state index in [4.69, 9.17) is 0 Å². The Hall–Kier alpha value is -1.59. The van der Waals surface area contributed by atoms with Crippen LogP contribution in [-0.4, -0.2) is 47.4 Å². The van der Waals surface area contributed by atoms with Gasteiger partial charge in [-0.3, -0.25) is 9.69 Å². The largest absolute Gasteiger partial charge is 0.367 e. The zero-order valence-electron chi connectivity index (χ0n) is 14.1. The van der Waals surface area contributed by atoms with Gasteiger partial charge in [-0.2, -0.15) is 0 Å². The topological polar surface area (TPSA) is 39.3 Å². The minimum absolute atomic E-state index is 0.121. The second kappa shape index (κ2) is 6.89. The van der Waals surface area contributed by atoms with Gasteiger partial charge in [0.1, 0.15) is 0 Å². The van der Waals surface area contributed by atoms with E-state index in [1.165, 1.54) is 16.2 Å². The summed E-state index contributed by atoms with van der Waals surface area (Å²) in [6, 6.07) is 4.43. The van der Waals surface area contributed by atoms with Crippen molar-refractivity contribution in [2.24, 2.45) is 5.92 Å². The van der Waals surface area contributed by atoms with E-state index in [1.54, 1.807) is 6.20 Å². The minimum atomic E-state index is 0.121. The number of rotatable bonds is 5. The lowest BCUT2D eigenvalue weighted by molar-refractivity contribution is 0.0772. The monoisotopic (exact) mass is 331 g/mol. The molecule has 1 aliphatic heterocycles. The zero-order valence-corrected chi connectivity index (χ0v) is 14.9. The number of aromatic amines is 1. The summed E-state index contributed by atoms with van der Waals surface area (Å²) in [5, 5.41) is 0. The number of nitrogens with one attached hydrogen (secondary N) is 1. The van der Waals surface area contributed by atoms with E-state index < -0.39 is 0 Å². The van der Waals surface area contributed by atoms with Crippen LogP contribution in [0, 0.1) is 19.8 Å². The van der Waals surface area contributed by atoms with Gasteiger partial charge in [0.05, 0.1) is 5.56 Å². The van der Waals surface area contributed by atoms with Crippen molar-refractivity contribution in [3.8, 4) is 0 Å². The Morgan fingerprint density at radius 3 is 2.87 bits per heavy atom. The molecule has 1 aliphatic rings. The molecular weight excluding hydrogens is 306 g/mol. The Bertz CT molecular complexity index is 675. The van der Waals surface area contributed by atoms with Gasteiger partial charge in [-0.25, -0.2) is 0 Å². The first kappa shape index (κ1) is 16.3. The standard InChI is InChI=1S/C18H25N3OS/c1-13-8-19-9-17(13)18(22)20(3)10-15-6-7-21(11-15)12-16-5-4-14(2)23-16/h4-5,8-9,15,19H,6-7,10-12H2,1-3H3. The van der Waals surface area contributed by atoms with Crippen molar-refractivity contribution in [3.63, 3.8) is 0 Å². The molecule has 0 saturated carbocycles. The fourth-order valence-electron chi connectivity index (χ4n) is 3.34. The summed E-state index contributed by atoms with van der Waals surface area (Å²) in [6.07, 6.45) is 4.85. The Morgan fingerprint density at radius 1 is 1.39 bits per heavy atom. The quantitative estimate of drug-likeness (QED) is 0.913. The lowest BCUT2D eigenvalue weighted by atomic mass is 10.1. The summed E-state index contributed by atoms with van der Waals surface area (Å²) in [5.74, 6) is 0.695. The summed E-state index contributed by atoms with van der Waals surface area (Å²) in [4.78, 5) is 22.7. The van der Waals surface area contributed by atoms with Gasteiger partial charge in [-0.15, -0.1) is 11.3 Å². The number of H-pyrrole nitrogens is 1. The van der Waals surface area contributed by atoms with Crippen LogP contribution in [0.5, 0.6) is 0 Å². The third-order valence-corrected chi connectivity index (χ3v) is 5.59. The third-order valence-electron chi connectivity index (χ3n) is 4.61. The number of thiophene rings is 1. The van der Waals surface area contributed by atoms with Crippen LogP contribution in [0.4, 0.5) is 0 Å². The SMILES string of the molecule is Cc1ccc(CN2CCC(CN(C)C(=O)c3c[nH]cc3C)C2)s1. The second-order valence-corrected chi connectivity index (χ2v) is 8.01. The van der Waals surface area contributed by atoms with E-state index >= 15 is 0 Å². The molecule has 0 radical (unpaired) electrons. The van der Waals surface area contributed by atoms with E-state index in [1.807, 2.05) is 36.4 Å². The van der Waals surface area contributed by atoms with Crippen LogP contribution < -0.4 is 0 Å². The highest BCUT2D eigenvalue weighted by Gasteiger charge is 2.26. The average molecular weight is 331 g/mol. The predicted molar refractivity (Wildman–Crippen MR) is 94.9 cm³/mol. The number of amides is 1. The van der Waals surface area contributed by atoms with Crippen LogP contribution in [0.1, 0.15) is 32.1 Å². The number of carbonyl (C=O) groups excluding carboxylic acids is 1. The summed E-state index contributed by atoms with van der Waals surface area (Å²) < 4.78 is 0. The molecule has 0 bridgehead atoms. The van der Waals surface area contributed by atoms with E-state index in [9.17, 15) is 4.79 Å². The molecule has 1 saturated heterocycles. The molecule has 2 aromatic rings. The highest BCUT2D eigenvalue weighted by Crippen LogP contribution is 2.23. The number of aryl methyl sites for hydroxylation is 2. The summed E-state index contributed by atoms with van der Waals surface area (Å²) in [6.45, 7) is 8.23. The normalized spacial score (nSPS) is 18.5. The number of nitrogens with zero attached hydrogens (tertiary/aromatic N) is 2. The first-order valence-corrected chi connectivity index (χ1v) is 9.01. The van der Waals surface area contributed by atoms with Crippen LogP contribution in [0.2, 0.25) is 0 Å². The Labute approximate surface area is 142 Å². The molecule has 3 heterocycles. The van der Waals surface area contributed by atoms with Crippen molar-refractivity contribution in [3.05, 3.63) is 45.4 Å². The van der Waals surface area contributed by atoms with Gasteiger partial charge >= 0.3 is 0 Å². The average Bonchev–Trinajstić information content (AvgIpc) is 3.22. The molecule has 2 aromatic heterocycles. The highest BCUT2D eigenvalue weighted by molar-refractivity contribution is 7.11. The van der Waals surface area contributed by atoms with E-state index in [-0.39, 0.29) is 5.91 Å². The van der Waals surface area contributed by atoms with Gasteiger partial charge in [0, 0.05) is 48.8 Å². The van der Waals surface area contributed by atoms with Gasteiger partial charge in [0.25, 0.3) is 5.91 Å². The Morgan fingerprint density at radius 2 is 2.22 bits per heavy atom. The van der Waals surface area contributed by atoms with Gasteiger partial charge in [0.2, 0.25) is 0 Å². The maximum absolute atomic E-state index is 12.5. The first-order chi connectivity index (χ1) is 11.0. The van der Waals surface area contributed by atoms with Gasteiger partial charge in [0.15, 0.2) is 0 Å². The van der Waals surface area contributed by atoms with Crippen LogP contribution in [0.3, 0.4) is 0 Å². The molecule has 1 fully saturated rings. The van der Waals surface area contributed by atoms with Crippen molar-refractivity contribution in [1.82, 2.24) is 14.8 Å². The van der Waals surface area contributed by atoms with Crippen LogP contribution >= 0.6 is 11.3 Å². The Balaban J connectivity index is 1.51. The van der Waals surface area contributed by atoms with E-state index in [2.05, 4.69) is 28.9 Å². The molecule has 23 heavy (non-hydrogen) atoms. The third kappa shape index (κ3) is 3.85. The lowest BCUT2D eigenvalue weighted by Crippen LogP contribution is -2.33. The summed E-state index contributed by atoms with van der Waals surface area (Å²) in [5.41, 5.74) is 1.80. The highest BCUT2D eigenvalue weighted by atomic mass is 32.1. The fourth-order valence-corrected chi connectivity index (χ4v) is 4.28. The molecule has 0 spiro atoms. The molecule has 1 atom stereocenters. The molecule has 3 rings (SSSR count). The van der Waals surface area contributed by atoms with Gasteiger partial charge in [-0.1, -0.05) is 0 Å². The summed E-state index contributed by atoms with van der Waals surface area (Å²) >= 11 is 1.88. The molecule has 0 aliphatic carbocycles. The van der Waals surface area contributed by atoms with Gasteiger partial charge < -0.3 is 9.88 Å². The van der Waals surface area contributed by atoms with Crippen molar-refractivity contribution < 1.29 is 4.79 Å². The molecule has 0 aromatic carbocycles. The number of carbonyl (C=O) groups is 1. The zero-order chi connectivity index (χ0) is 16.4. The lowest BCUT2D eigenvalue weighted by Gasteiger charge is -2.21. The maximum Gasteiger partial charge on any atom is 0.255 e. The van der Waals surface area contributed by atoms with Crippen molar-refractivity contribution in [2.45, 2.75) is 26.8 Å². The van der Waals surface area contributed by atoms with Crippen LogP contribution in [-0.2, 0) is 6.54 Å². The molecule has 1 amide bonds. The van der Waals surface area contributed by atoms with Crippen LogP contribution in [0.15, 0.2) is 24.5 Å². The maximum atomic E-state index is 12.5. The second-order valence-electron chi connectivity index (χ2n) is 6.64. The first-order valence-electron chi connectivity index (χ1n) is 8.19. The Kier molecular flexibility index (Phi) is 4.87. The van der Waals surface area contributed by atoms with Crippen LogP contribution in [0.25, 0.3) is 0 Å². The molecule has 4 nitrogen and oxygen atoms in total. The number of likely N-dealkylation sites (tertiary alicyclic amines) is 1. The fraction of sp³-hybridized carbons (Fsp3) is 0.500. The summed E-state index contributed by atoms with van der Waals surface area (Å²) in [7, 11) is 1.92. The van der Waals surface area contributed by atoms with Crippen molar-refractivity contribution in [2.75, 3.05) is 26.7 Å². The molecule has 5 heteroatoms.